The summed E-state index contributed by atoms with van der Waals surface area (Å²) in [5.41, 5.74) is -0.369. The molecule has 0 atom stereocenters. The number of aryl methyl sites for hydroxylation is 1. The number of methoxy groups -OCH3 is 2. The van der Waals surface area contributed by atoms with Crippen LogP contribution in [-0.2, 0) is 0 Å². The van der Waals surface area contributed by atoms with Gasteiger partial charge in [-0.05, 0) is 19.1 Å². The molecule has 0 saturated heterocycles. The number of nitrogens with zero attached hydrogens (tertiary/aromatic N) is 1. The molecule has 0 aliphatic rings. The van der Waals surface area contributed by atoms with E-state index < -0.39 is 11.5 Å². The first kappa shape index (κ1) is 14.6. The van der Waals surface area contributed by atoms with Crippen molar-refractivity contribution >= 4 is 5.97 Å². The summed E-state index contributed by atoms with van der Waals surface area (Å²) in [7, 11) is 3.01. The number of ether oxygens (including phenoxy) is 2. The van der Waals surface area contributed by atoms with Crippen LogP contribution >= 0.6 is 0 Å². The monoisotopic (exact) mass is 290 g/mol. The van der Waals surface area contributed by atoms with E-state index in [0.29, 0.717) is 17.1 Å². The standard InChI is InChI=1S/C14H14N2O5/c1-7-11(14(18)19)13(17)16-12(15-7)8-4-9(20-2)6-10(5-8)21-3/h4-6H,1-3H3,(H,18,19)(H,15,16,17). The normalized spacial score (nSPS) is 10.2. The first-order valence-electron chi connectivity index (χ1n) is 6.04. The van der Waals surface area contributed by atoms with Crippen molar-refractivity contribution in [1.82, 2.24) is 9.97 Å². The zero-order valence-corrected chi connectivity index (χ0v) is 11.8. The molecule has 0 amide bonds. The van der Waals surface area contributed by atoms with Gasteiger partial charge in [0.1, 0.15) is 22.9 Å². The summed E-state index contributed by atoms with van der Waals surface area (Å²) in [6, 6.07) is 5.02. The Labute approximate surface area is 120 Å². The molecule has 0 fully saturated rings. The lowest BCUT2D eigenvalue weighted by molar-refractivity contribution is 0.0693. The van der Waals surface area contributed by atoms with E-state index in [2.05, 4.69) is 9.97 Å². The van der Waals surface area contributed by atoms with Gasteiger partial charge in [0.05, 0.1) is 19.9 Å². The molecular formula is C14H14N2O5. The Balaban J connectivity index is 2.62. The molecule has 0 spiro atoms. The average molecular weight is 290 g/mol. The number of benzene rings is 1. The van der Waals surface area contributed by atoms with E-state index in [0.717, 1.165) is 0 Å². The fraction of sp³-hybridized carbons (Fsp3) is 0.214. The molecule has 7 heteroatoms. The molecule has 1 aromatic heterocycles. The molecule has 2 aromatic rings. The third-order valence-electron chi connectivity index (χ3n) is 2.94. The van der Waals surface area contributed by atoms with Crippen molar-refractivity contribution in [2.45, 2.75) is 6.92 Å². The second-order valence-corrected chi connectivity index (χ2v) is 4.28. The van der Waals surface area contributed by atoms with Crippen LogP contribution in [0, 0.1) is 6.92 Å². The highest BCUT2D eigenvalue weighted by Crippen LogP contribution is 2.27. The SMILES string of the molecule is COc1cc(OC)cc(-c2nc(C)c(C(=O)O)c(=O)[nH]2)c1. The lowest BCUT2D eigenvalue weighted by Gasteiger charge is -2.09. The summed E-state index contributed by atoms with van der Waals surface area (Å²) in [5, 5.41) is 8.97. The Morgan fingerprint density at radius 3 is 2.19 bits per heavy atom. The highest BCUT2D eigenvalue weighted by Gasteiger charge is 2.16. The van der Waals surface area contributed by atoms with E-state index in [1.54, 1.807) is 18.2 Å². The van der Waals surface area contributed by atoms with Crippen LogP contribution in [-0.4, -0.2) is 35.3 Å². The van der Waals surface area contributed by atoms with Crippen LogP contribution in [0.4, 0.5) is 0 Å². The predicted molar refractivity (Wildman–Crippen MR) is 75.1 cm³/mol. The van der Waals surface area contributed by atoms with E-state index in [4.69, 9.17) is 14.6 Å². The first-order valence-corrected chi connectivity index (χ1v) is 6.04. The molecule has 2 rings (SSSR count). The van der Waals surface area contributed by atoms with Crippen molar-refractivity contribution in [3.63, 3.8) is 0 Å². The number of H-pyrrole nitrogens is 1. The van der Waals surface area contributed by atoms with Gasteiger partial charge in [-0.2, -0.15) is 0 Å². The van der Waals surface area contributed by atoms with E-state index in [-0.39, 0.29) is 17.1 Å². The van der Waals surface area contributed by atoms with Gasteiger partial charge in [-0.25, -0.2) is 9.78 Å². The van der Waals surface area contributed by atoms with Gasteiger partial charge in [-0.3, -0.25) is 4.79 Å². The Morgan fingerprint density at radius 1 is 1.19 bits per heavy atom. The number of aromatic carboxylic acids is 1. The van der Waals surface area contributed by atoms with Gasteiger partial charge in [0.25, 0.3) is 5.56 Å². The van der Waals surface area contributed by atoms with E-state index in [1.807, 2.05) is 0 Å². The molecule has 2 N–H and O–H groups in total. The number of nitrogens with one attached hydrogen (secondary N) is 1. The molecule has 0 aliphatic carbocycles. The maximum Gasteiger partial charge on any atom is 0.343 e. The largest absolute Gasteiger partial charge is 0.497 e. The lowest BCUT2D eigenvalue weighted by Crippen LogP contribution is -2.21. The van der Waals surface area contributed by atoms with Crippen molar-refractivity contribution in [3.05, 3.63) is 39.8 Å². The number of carboxylic acid groups (broad SMARTS) is 1. The molecule has 7 nitrogen and oxygen atoms in total. The molecule has 0 unspecified atom stereocenters. The summed E-state index contributed by atoms with van der Waals surface area (Å²) >= 11 is 0. The van der Waals surface area contributed by atoms with Crippen molar-refractivity contribution in [1.29, 1.82) is 0 Å². The van der Waals surface area contributed by atoms with Crippen LogP contribution in [0.2, 0.25) is 0 Å². The minimum atomic E-state index is -1.31. The quantitative estimate of drug-likeness (QED) is 0.884. The molecular weight excluding hydrogens is 276 g/mol. The number of aromatic amines is 1. The Morgan fingerprint density at radius 2 is 1.76 bits per heavy atom. The van der Waals surface area contributed by atoms with E-state index in [1.165, 1.54) is 21.1 Å². The van der Waals surface area contributed by atoms with Gasteiger partial charge < -0.3 is 19.6 Å². The van der Waals surface area contributed by atoms with Gasteiger partial charge in [0.2, 0.25) is 0 Å². The zero-order chi connectivity index (χ0) is 15.6. The van der Waals surface area contributed by atoms with Gasteiger partial charge in [0.15, 0.2) is 0 Å². The number of hydrogen-bond acceptors (Lipinski definition) is 5. The van der Waals surface area contributed by atoms with Gasteiger partial charge in [-0.1, -0.05) is 0 Å². The second-order valence-electron chi connectivity index (χ2n) is 4.28. The number of hydrogen-bond donors (Lipinski definition) is 2. The van der Waals surface area contributed by atoms with Crippen LogP contribution < -0.4 is 15.0 Å². The lowest BCUT2D eigenvalue weighted by atomic mass is 10.1. The number of carbonyl (C=O) groups is 1. The van der Waals surface area contributed by atoms with Crippen molar-refractivity contribution in [2.75, 3.05) is 14.2 Å². The summed E-state index contributed by atoms with van der Waals surface area (Å²) in [5.74, 6) is 0.00893. The Bertz CT molecular complexity index is 729. The van der Waals surface area contributed by atoms with E-state index in [9.17, 15) is 9.59 Å². The van der Waals surface area contributed by atoms with Gasteiger partial charge >= 0.3 is 5.97 Å². The maximum absolute atomic E-state index is 11.8. The van der Waals surface area contributed by atoms with Crippen LogP contribution in [0.1, 0.15) is 16.1 Å². The molecule has 0 radical (unpaired) electrons. The van der Waals surface area contributed by atoms with Crippen molar-refractivity contribution < 1.29 is 19.4 Å². The highest BCUT2D eigenvalue weighted by molar-refractivity contribution is 5.88. The average Bonchev–Trinajstić information content (AvgIpc) is 2.45. The molecule has 0 saturated carbocycles. The summed E-state index contributed by atoms with van der Waals surface area (Å²) in [6.07, 6.45) is 0. The fourth-order valence-electron chi connectivity index (χ4n) is 1.92. The van der Waals surface area contributed by atoms with Crippen molar-refractivity contribution in [3.8, 4) is 22.9 Å². The zero-order valence-electron chi connectivity index (χ0n) is 11.8. The molecule has 21 heavy (non-hydrogen) atoms. The second kappa shape index (κ2) is 5.66. The minimum Gasteiger partial charge on any atom is -0.497 e. The molecule has 110 valence electrons. The molecule has 1 heterocycles. The van der Waals surface area contributed by atoms with Gasteiger partial charge in [0, 0.05) is 11.6 Å². The molecule has 0 aliphatic heterocycles. The van der Waals surface area contributed by atoms with Crippen LogP contribution in [0.3, 0.4) is 0 Å². The topological polar surface area (TPSA) is 102 Å². The minimum absolute atomic E-state index is 0.142. The number of carboxylic acids is 1. The Hall–Kier alpha value is -2.83. The predicted octanol–water partition coefficient (Wildman–Crippen LogP) is 1.46. The Kier molecular flexibility index (Phi) is 3.93. The van der Waals surface area contributed by atoms with E-state index >= 15 is 0 Å². The number of aromatic nitrogens is 2. The van der Waals surface area contributed by atoms with Crippen LogP contribution in [0.5, 0.6) is 11.5 Å². The number of rotatable bonds is 4. The fourth-order valence-corrected chi connectivity index (χ4v) is 1.92. The third kappa shape index (κ3) is 2.86. The summed E-state index contributed by atoms with van der Waals surface area (Å²) in [4.78, 5) is 29.4. The smallest absolute Gasteiger partial charge is 0.343 e. The summed E-state index contributed by atoms with van der Waals surface area (Å²) < 4.78 is 10.3. The first-order chi connectivity index (χ1) is 9.96. The van der Waals surface area contributed by atoms with Crippen molar-refractivity contribution in [2.24, 2.45) is 0 Å². The highest BCUT2D eigenvalue weighted by atomic mass is 16.5. The molecule has 0 bridgehead atoms. The third-order valence-corrected chi connectivity index (χ3v) is 2.94. The van der Waals surface area contributed by atoms with Crippen LogP contribution in [0.25, 0.3) is 11.4 Å². The summed E-state index contributed by atoms with van der Waals surface area (Å²) in [6.45, 7) is 1.47. The van der Waals surface area contributed by atoms with Gasteiger partial charge in [-0.15, -0.1) is 0 Å². The van der Waals surface area contributed by atoms with Crippen LogP contribution in [0.15, 0.2) is 23.0 Å². The molecule has 1 aromatic carbocycles. The maximum atomic E-state index is 11.8.